The molecule has 0 saturated carbocycles. The van der Waals surface area contributed by atoms with Gasteiger partial charge >= 0.3 is 0 Å². The Hall–Kier alpha value is -0.120. The summed E-state index contributed by atoms with van der Waals surface area (Å²) in [5, 5.41) is 3.20. The Morgan fingerprint density at radius 3 is 2.91 bits per heavy atom. The number of nitrogens with zero attached hydrogens (tertiary/aromatic N) is 1. The molecule has 1 N–H and O–H groups in total. The van der Waals surface area contributed by atoms with Crippen molar-refractivity contribution >= 4 is 0 Å². The van der Waals surface area contributed by atoms with E-state index in [1.54, 1.807) is 0 Å². The number of nitrogens with one attached hydrogen (secondary N) is 1. The summed E-state index contributed by atoms with van der Waals surface area (Å²) in [5.41, 5.74) is 0. The van der Waals surface area contributed by atoms with Gasteiger partial charge in [-0.15, -0.1) is 0 Å². The first kappa shape index (κ1) is 8.97. The minimum atomic E-state index is 0.360. The predicted octanol–water partition coefficient (Wildman–Crippen LogP) is -0.0751. The maximum Gasteiger partial charge on any atom is 0.0852 e. The molecule has 1 rings (SSSR count). The van der Waals surface area contributed by atoms with Crippen LogP contribution in [0.5, 0.6) is 0 Å². The molecule has 1 fully saturated rings. The summed E-state index contributed by atoms with van der Waals surface area (Å²) in [7, 11) is 4.11. The molecule has 11 heavy (non-hydrogen) atoms. The van der Waals surface area contributed by atoms with E-state index in [9.17, 15) is 0 Å². The van der Waals surface area contributed by atoms with Gasteiger partial charge in [-0.1, -0.05) is 0 Å². The SMILES string of the molecule is CNC(C)C1CN(C)CCO1. The number of hydrogen-bond acceptors (Lipinski definition) is 3. The van der Waals surface area contributed by atoms with Crippen molar-refractivity contribution < 1.29 is 4.74 Å². The van der Waals surface area contributed by atoms with Gasteiger partial charge in [0, 0.05) is 19.1 Å². The molecule has 1 aliphatic heterocycles. The zero-order valence-electron chi connectivity index (χ0n) is 7.63. The van der Waals surface area contributed by atoms with Gasteiger partial charge in [-0.3, -0.25) is 0 Å². The fraction of sp³-hybridized carbons (Fsp3) is 1.00. The molecule has 1 saturated heterocycles. The van der Waals surface area contributed by atoms with Crippen LogP contribution in [0.2, 0.25) is 0 Å². The Balaban J connectivity index is 2.33. The first-order valence-electron chi connectivity index (χ1n) is 4.21. The van der Waals surface area contributed by atoms with Gasteiger partial charge < -0.3 is 15.0 Å². The van der Waals surface area contributed by atoms with Crippen LogP contribution in [0, 0.1) is 0 Å². The van der Waals surface area contributed by atoms with Gasteiger partial charge in [-0.25, -0.2) is 0 Å². The maximum atomic E-state index is 5.60. The van der Waals surface area contributed by atoms with E-state index in [4.69, 9.17) is 4.74 Å². The average molecular weight is 158 g/mol. The molecule has 1 heterocycles. The lowest BCUT2D eigenvalue weighted by atomic mass is 10.1. The number of ether oxygens (including phenoxy) is 1. The number of hydrogen-bond donors (Lipinski definition) is 1. The smallest absolute Gasteiger partial charge is 0.0852 e. The van der Waals surface area contributed by atoms with Crippen molar-refractivity contribution in [3.63, 3.8) is 0 Å². The van der Waals surface area contributed by atoms with Crippen molar-refractivity contribution in [1.29, 1.82) is 0 Å². The quantitative estimate of drug-likeness (QED) is 0.608. The highest BCUT2D eigenvalue weighted by Gasteiger charge is 2.21. The second kappa shape index (κ2) is 4.04. The minimum Gasteiger partial charge on any atom is -0.374 e. The lowest BCUT2D eigenvalue weighted by Crippen LogP contribution is -2.48. The van der Waals surface area contributed by atoms with Crippen LogP contribution in [0.1, 0.15) is 6.92 Å². The molecule has 0 aromatic rings. The zero-order chi connectivity index (χ0) is 8.27. The monoisotopic (exact) mass is 158 g/mol. The van der Waals surface area contributed by atoms with Gasteiger partial charge in [-0.2, -0.15) is 0 Å². The molecule has 3 heteroatoms. The lowest BCUT2D eigenvalue weighted by molar-refractivity contribution is -0.0341. The summed E-state index contributed by atoms with van der Waals surface area (Å²) < 4.78 is 5.60. The number of likely N-dealkylation sites (N-methyl/N-ethyl adjacent to an activating group) is 2. The molecule has 0 amide bonds. The molecule has 66 valence electrons. The molecule has 2 atom stereocenters. The maximum absolute atomic E-state index is 5.60. The molecular weight excluding hydrogens is 140 g/mol. The van der Waals surface area contributed by atoms with Crippen molar-refractivity contribution in [2.45, 2.75) is 19.1 Å². The van der Waals surface area contributed by atoms with E-state index >= 15 is 0 Å². The van der Waals surface area contributed by atoms with Crippen LogP contribution in [0.3, 0.4) is 0 Å². The third-order valence-electron chi connectivity index (χ3n) is 2.31. The Morgan fingerprint density at radius 2 is 2.36 bits per heavy atom. The normalized spacial score (nSPS) is 30.3. The summed E-state index contributed by atoms with van der Waals surface area (Å²) in [6.45, 7) is 5.13. The highest BCUT2D eigenvalue weighted by atomic mass is 16.5. The van der Waals surface area contributed by atoms with E-state index in [0.717, 1.165) is 19.7 Å². The van der Waals surface area contributed by atoms with Gasteiger partial charge in [0.2, 0.25) is 0 Å². The van der Waals surface area contributed by atoms with Crippen molar-refractivity contribution in [3.8, 4) is 0 Å². The Bertz CT molecular complexity index is 119. The van der Waals surface area contributed by atoms with Gasteiger partial charge in [0.15, 0.2) is 0 Å². The molecule has 0 aromatic carbocycles. The summed E-state index contributed by atoms with van der Waals surface area (Å²) in [6, 6.07) is 0.456. The topological polar surface area (TPSA) is 24.5 Å². The van der Waals surface area contributed by atoms with Crippen molar-refractivity contribution in [2.24, 2.45) is 0 Å². The first-order valence-corrected chi connectivity index (χ1v) is 4.21. The summed E-state index contributed by atoms with van der Waals surface area (Å²) >= 11 is 0. The Labute approximate surface area is 68.7 Å². The largest absolute Gasteiger partial charge is 0.374 e. The summed E-state index contributed by atoms with van der Waals surface area (Å²) in [4.78, 5) is 2.31. The van der Waals surface area contributed by atoms with Crippen LogP contribution in [0.15, 0.2) is 0 Å². The Kier molecular flexibility index (Phi) is 3.30. The summed E-state index contributed by atoms with van der Waals surface area (Å²) in [5.74, 6) is 0. The molecule has 0 spiro atoms. The third-order valence-corrected chi connectivity index (χ3v) is 2.31. The van der Waals surface area contributed by atoms with E-state index in [0.29, 0.717) is 12.1 Å². The van der Waals surface area contributed by atoms with Gasteiger partial charge in [0.1, 0.15) is 0 Å². The number of morpholine rings is 1. The van der Waals surface area contributed by atoms with Crippen molar-refractivity contribution in [3.05, 3.63) is 0 Å². The third kappa shape index (κ3) is 2.43. The predicted molar refractivity (Wildman–Crippen MR) is 45.8 cm³/mol. The van der Waals surface area contributed by atoms with Crippen LogP contribution in [-0.4, -0.2) is 50.8 Å². The van der Waals surface area contributed by atoms with E-state index in [1.807, 2.05) is 7.05 Å². The molecule has 0 bridgehead atoms. The van der Waals surface area contributed by atoms with Crippen LogP contribution in [-0.2, 0) is 4.74 Å². The molecule has 0 aliphatic carbocycles. The molecule has 3 nitrogen and oxygen atoms in total. The highest BCUT2D eigenvalue weighted by Crippen LogP contribution is 2.06. The highest BCUT2D eigenvalue weighted by molar-refractivity contribution is 4.77. The van der Waals surface area contributed by atoms with E-state index in [-0.39, 0.29) is 0 Å². The standard InChI is InChI=1S/C8H18N2O/c1-7(9-2)8-6-10(3)4-5-11-8/h7-9H,4-6H2,1-3H3. The fourth-order valence-corrected chi connectivity index (χ4v) is 1.30. The lowest BCUT2D eigenvalue weighted by Gasteiger charge is -2.33. The minimum absolute atomic E-state index is 0.360. The van der Waals surface area contributed by atoms with Crippen molar-refractivity contribution in [2.75, 3.05) is 33.8 Å². The second-order valence-corrected chi connectivity index (χ2v) is 3.25. The fourth-order valence-electron chi connectivity index (χ4n) is 1.30. The van der Waals surface area contributed by atoms with Gasteiger partial charge in [0.25, 0.3) is 0 Å². The van der Waals surface area contributed by atoms with Gasteiger partial charge in [0.05, 0.1) is 12.7 Å². The van der Waals surface area contributed by atoms with Crippen LogP contribution < -0.4 is 5.32 Å². The molecule has 0 radical (unpaired) electrons. The van der Waals surface area contributed by atoms with Crippen LogP contribution >= 0.6 is 0 Å². The van der Waals surface area contributed by atoms with Gasteiger partial charge in [-0.05, 0) is 21.0 Å². The van der Waals surface area contributed by atoms with Crippen molar-refractivity contribution in [1.82, 2.24) is 10.2 Å². The van der Waals surface area contributed by atoms with E-state index < -0.39 is 0 Å². The molecule has 1 aliphatic rings. The molecular formula is C8H18N2O. The average Bonchev–Trinajstić information content (AvgIpc) is 2.03. The number of rotatable bonds is 2. The zero-order valence-corrected chi connectivity index (χ0v) is 7.63. The molecule has 2 unspecified atom stereocenters. The van der Waals surface area contributed by atoms with E-state index in [2.05, 4.69) is 24.2 Å². The second-order valence-electron chi connectivity index (χ2n) is 3.25. The van der Waals surface area contributed by atoms with Crippen LogP contribution in [0.4, 0.5) is 0 Å². The van der Waals surface area contributed by atoms with E-state index in [1.165, 1.54) is 0 Å². The Morgan fingerprint density at radius 1 is 1.64 bits per heavy atom. The molecule has 0 aromatic heterocycles. The summed E-state index contributed by atoms with van der Waals surface area (Å²) in [6.07, 6.45) is 0.360. The first-order chi connectivity index (χ1) is 5.24. The van der Waals surface area contributed by atoms with Crippen LogP contribution in [0.25, 0.3) is 0 Å².